The number of ether oxygens (including phenoxy) is 2. The lowest BCUT2D eigenvalue weighted by molar-refractivity contribution is -0.132. The molecule has 3 rings (SSSR count). The highest BCUT2D eigenvalue weighted by molar-refractivity contribution is 5.78. The van der Waals surface area contributed by atoms with Crippen LogP contribution in [0.3, 0.4) is 0 Å². The SMILES string of the molecule is COc1cccc(CN(C)C(=O)CN2CCCC(COc3ccccc3)C2)c1. The molecule has 5 heteroatoms. The minimum absolute atomic E-state index is 0.146. The highest BCUT2D eigenvalue weighted by Gasteiger charge is 2.23. The Kier molecular flexibility index (Phi) is 7.31. The van der Waals surface area contributed by atoms with Gasteiger partial charge in [0.05, 0.1) is 20.3 Å². The van der Waals surface area contributed by atoms with E-state index in [1.54, 1.807) is 12.0 Å². The van der Waals surface area contributed by atoms with Crippen LogP contribution in [-0.4, -0.2) is 56.1 Å². The summed E-state index contributed by atoms with van der Waals surface area (Å²) in [5.74, 6) is 2.34. The molecule has 1 unspecified atom stereocenters. The highest BCUT2D eigenvalue weighted by atomic mass is 16.5. The molecule has 1 aliphatic heterocycles. The van der Waals surface area contributed by atoms with E-state index in [1.165, 1.54) is 0 Å². The van der Waals surface area contributed by atoms with Crippen LogP contribution in [0.5, 0.6) is 11.5 Å². The summed E-state index contributed by atoms with van der Waals surface area (Å²) in [6.45, 7) is 3.63. The van der Waals surface area contributed by atoms with Crippen LogP contribution < -0.4 is 9.47 Å². The number of benzene rings is 2. The fourth-order valence-corrected chi connectivity index (χ4v) is 3.61. The van der Waals surface area contributed by atoms with Gasteiger partial charge >= 0.3 is 0 Å². The van der Waals surface area contributed by atoms with Crippen molar-refractivity contribution in [2.75, 3.05) is 40.4 Å². The van der Waals surface area contributed by atoms with Crippen molar-refractivity contribution in [2.24, 2.45) is 5.92 Å². The predicted octanol–water partition coefficient (Wildman–Crippen LogP) is 3.44. The Hall–Kier alpha value is -2.53. The van der Waals surface area contributed by atoms with Gasteiger partial charge in [-0.15, -0.1) is 0 Å². The molecule has 0 N–H and O–H groups in total. The maximum atomic E-state index is 12.7. The molecule has 0 aliphatic carbocycles. The average Bonchev–Trinajstić information content (AvgIpc) is 2.73. The molecule has 0 radical (unpaired) electrons. The van der Waals surface area contributed by atoms with E-state index >= 15 is 0 Å². The van der Waals surface area contributed by atoms with Crippen molar-refractivity contribution in [3.05, 3.63) is 60.2 Å². The molecule has 28 heavy (non-hydrogen) atoms. The lowest BCUT2D eigenvalue weighted by Gasteiger charge is -2.33. The minimum atomic E-state index is 0.146. The summed E-state index contributed by atoms with van der Waals surface area (Å²) < 4.78 is 11.2. The number of hydrogen-bond acceptors (Lipinski definition) is 4. The van der Waals surface area contributed by atoms with Crippen LogP contribution >= 0.6 is 0 Å². The molecule has 0 spiro atoms. The van der Waals surface area contributed by atoms with Gasteiger partial charge in [0.1, 0.15) is 11.5 Å². The molecular formula is C23H30N2O3. The second-order valence-electron chi connectivity index (χ2n) is 7.47. The van der Waals surface area contributed by atoms with Crippen LogP contribution in [0.2, 0.25) is 0 Å². The summed E-state index contributed by atoms with van der Waals surface area (Å²) in [4.78, 5) is 16.7. The molecule has 0 aromatic heterocycles. The van der Waals surface area contributed by atoms with Crippen molar-refractivity contribution in [3.8, 4) is 11.5 Å². The Morgan fingerprint density at radius 3 is 2.71 bits per heavy atom. The lowest BCUT2D eigenvalue weighted by atomic mass is 9.99. The molecule has 5 nitrogen and oxygen atoms in total. The fraction of sp³-hybridized carbons (Fsp3) is 0.435. The zero-order chi connectivity index (χ0) is 19.8. The molecule has 0 saturated carbocycles. The smallest absolute Gasteiger partial charge is 0.236 e. The first-order valence-corrected chi connectivity index (χ1v) is 9.91. The van der Waals surface area contributed by atoms with Crippen LogP contribution in [0.4, 0.5) is 0 Å². The van der Waals surface area contributed by atoms with Crippen LogP contribution in [-0.2, 0) is 11.3 Å². The summed E-state index contributed by atoms with van der Waals surface area (Å²) in [5, 5.41) is 0. The van der Waals surface area contributed by atoms with Gasteiger partial charge in [0.2, 0.25) is 5.91 Å². The quantitative estimate of drug-likeness (QED) is 0.701. The number of carbonyl (C=O) groups is 1. The number of methoxy groups -OCH3 is 1. The number of nitrogens with zero attached hydrogens (tertiary/aromatic N) is 2. The summed E-state index contributed by atoms with van der Waals surface area (Å²) in [6, 6.07) is 17.8. The maximum Gasteiger partial charge on any atom is 0.236 e. The Balaban J connectivity index is 1.46. The average molecular weight is 383 g/mol. The number of hydrogen-bond donors (Lipinski definition) is 0. The minimum Gasteiger partial charge on any atom is -0.497 e. The molecule has 1 heterocycles. The highest BCUT2D eigenvalue weighted by Crippen LogP contribution is 2.19. The van der Waals surface area contributed by atoms with Crippen LogP contribution in [0, 0.1) is 5.92 Å². The topological polar surface area (TPSA) is 42.0 Å². The Morgan fingerprint density at radius 2 is 1.93 bits per heavy atom. The van der Waals surface area contributed by atoms with Gasteiger partial charge in [-0.05, 0) is 49.2 Å². The van der Waals surface area contributed by atoms with E-state index in [4.69, 9.17) is 9.47 Å². The number of para-hydroxylation sites is 1. The van der Waals surface area contributed by atoms with Crippen molar-refractivity contribution in [2.45, 2.75) is 19.4 Å². The fourth-order valence-electron chi connectivity index (χ4n) is 3.61. The van der Waals surface area contributed by atoms with Crippen molar-refractivity contribution in [1.29, 1.82) is 0 Å². The number of carbonyl (C=O) groups excluding carboxylic acids is 1. The monoisotopic (exact) mass is 382 g/mol. The molecule has 1 aliphatic rings. The van der Waals surface area contributed by atoms with Gasteiger partial charge in [-0.25, -0.2) is 0 Å². The summed E-state index contributed by atoms with van der Waals surface area (Å²) in [6.07, 6.45) is 2.26. The van der Waals surface area contributed by atoms with Gasteiger partial charge in [0.15, 0.2) is 0 Å². The van der Waals surface area contributed by atoms with Crippen molar-refractivity contribution >= 4 is 5.91 Å². The molecule has 0 bridgehead atoms. The zero-order valence-corrected chi connectivity index (χ0v) is 16.8. The summed E-state index contributed by atoms with van der Waals surface area (Å²) in [5.41, 5.74) is 1.07. The molecule has 2 aromatic rings. The van der Waals surface area contributed by atoms with Gasteiger partial charge in [-0.2, -0.15) is 0 Å². The van der Waals surface area contributed by atoms with E-state index in [-0.39, 0.29) is 5.91 Å². The summed E-state index contributed by atoms with van der Waals surface area (Å²) >= 11 is 0. The van der Waals surface area contributed by atoms with Crippen LogP contribution in [0.15, 0.2) is 54.6 Å². The van der Waals surface area contributed by atoms with Crippen LogP contribution in [0.25, 0.3) is 0 Å². The molecule has 1 atom stereocenters. The van der Waals surface area contributed by atoms with Gasteiger partial charge in [0, 0.05) is 26.1 Å². The van der Waals surface area contributed by atoms with Crippen molar-refractivity contribution in [1.82, 2.24) is 9.80 Å². The lowest BCUT2D eigenvalue weighted by Crippen LogP contribution is -2.44. The third kappa shape index (κ3) is 5.99. The van der Waals surface area contributed by atoms with E-state index < -0.39 is 0 Å². The maximum absolute atomic E-state index is 12.7. The molecular weight excluding hydrogens is 352 g/mol. The van der Waals surface area contributed by atoms with Gasteiger partial charge in [0.25, 0.3) is 0 Å². The van der Waals surface area contributed by atoms with Crippen LogP contribution in [0.1, 0.15) is 18.4 Å². The molecule has 1 amide bonds. The number of piperidine rings is 1. The second kappa shape index (κ2) is 10.1. The first-order chi connectivity index (χ1) is 13.6. The van der Waals surface area contributed by atoms with E-state index in [9.17, 15) is 4.79 Å². The first-order valence-electron chi connectivity index (χ1n) is 9.91. The Labute approximate surface area is 167 Å². The van der Waals surface area contributed by atoms with Crippen molar-refractivity contribution in [3.63, 3.8) is 0 Å². The Bertz CT molecular complexity index is 751. The third-order valence-electron chi connectivity index (χ3n) is 5.17. The van der Waals surface area contributed by atoms with Gasteiger partial charge in [-0.3, -0.25) is 9.69 Å². The Morgan fingerprint density at radius 1 is 1.14 bits per heavy atom. The normalized spacial score (nSPS) is 17.1. The zero-order valence-electron chi connectivity index (χ0n) is 16.8. The molecule has 1 fully saturated rings. The third-order valence-corrected chi connectivity index (χ3v) is 5.17. The summed E-state index contributed by atoms with van der Waals surface area (Å²) in [7, 11) is 3.52. The van der Waals surface area contributed by atoms with E-state index in [0.29, 0.717) is 25.6 Å². The van der Waals surface area contributed by atoms with Gasteiger partial charge < -0.3 is 14.4 Å². The molecule has 150 valence electrons. The number of likely N-dealkylation sites (tertiary alicyclic amines) is 1. The molecule has 2 aromatic carbocycles. The number of likely N-dealkylation sites (N-methyl/N-ethyl adjacent to an activating group) is 1. The van der Waals surface area contributed by atoms with E-state index in [1.807, 2.05) is 61.6 Å². The largest absolute Gasteiger partial charge is 0.497 e. The van der Waals surface area contributed by atoms with E-state index in [0.717, 1.165) is 43.0 Å². The molecule has 1 saturated heterocycles. The standard InChI is InChI=1S/C23H30N2O3/c1-24(15-19-8-6-12-22(14-19)27-2)23(26)17-25-13-7-9-20(16-25)18-28-21-10-4-3-5-11-21/h3-6,8,10-12,14,20H,7,9,13,15-18H2,1-2H3. The predicted molar refractivity (Wildman–Crippen MR) is 111 cm³/mol. The number of rotatable bonds is 8. The first kappa shape index (κ1) is 20.2. The number of amides is 1. The van der Waals surface area contributed by atoms with Crippen molar-refractivity contribution < 1.29 is 14.3 Å². The van der Waals surface area contributed by atoms with Gasteiger partial charge in [-0.1, -0.05) is 30.3 Å². The second-order valence-corrected chi connectivity index (χ2v) is 7.47. The van der Waals surface area contributed by atoms with E-state index in [2.05, 4.69) is 4.90 Å².